The fourth-order valence-corrected chi connectivity index (χ4v) is 5.43. The average molecular weight is 432 g/mol. The van der Waals surface area contributed by atoms with Gasteiger partial charge in [0.2, 0.25) is 5.95 Å². The minimum absolute atomic E-state index is 0.0192. The van der Waals surface area contributed by atoms with Gasteiger partial charge in [0.1, 0.15) is 11.3 Å². The van der Waals surface area contributed by atoms with Crippen molar-refractivity contribution in [2.45, 2.75) is 24.8 Å². The summed E-state index contributed by atoms with van der Waals surface area (Å²) in [6.45, 7) is 4.10. The SMILES string of the molecule is CN(C)C(=O)c1cc2cnc(Nc3ccc(N4CCNCC4)cc3)nc2n1C12CC(C1)C2. The van der Waals surface area contributed by atoms with E-state index in [1.54, 1.807) is 19.0 Å². The number of hydrogen-bond donors (Lipinski definition) is 2. The fraction of sp³-hybridized carbons (Fsp3) is 0.458. The summed E-state index contributed by atoms with van der Waals surface area (Å²) in [6.07, 6.45) is 5.26. The van der Waals surface area contributed by atoms with E-state index in [0.717, 1.165) is 73.8 Å². The number of hydrogen-bond acceptors (Lipinski definition) is 6. The lowest BCUT2D eigenvalue weighted by Crippen LogP contribution is -2.60. The largest absolute Gasteiger partial charge is 0.369 e. The molecule has 4 aliphatic rings. The second-order valence-corrected chi connectivity index (χ2v) is 9.65. The van der Waals surface area contributed by atoms with Gasteiger partial charge in [-0.3, -0.25) is 4.79 Å². The first-order valence-corrected chi connectivity index (χ1v) is 11.5. The Morgan fingerprint density at radius 2 is 1.88 bits per heavy atom. The molecule has 0 spiro atoms. The molecule has 2 bridgehead atoms. The summed E-state index contributed by atoms with van der Waals surface area (Å²) in [4.78, 5) is 26.3. The lowest BCUT2D eigenvalue weighted by molar-refractivity contribution is -0.0870. The van der Waals surface area contributed by atoms with E-state index in [4.69, 9.17) is 4.98 Å². The van der Waals surface area contributed by atoms with Crippen molar-refractivity contribution in [2.24, 2.45) is 5.92 Å². The summed E-state index contributed by atoms with van der Waals surface area (Å²) < 4.78 is 2.20. The van der Waals surface area contributed by atoms with Crippen LogP contribution in [-0.4, -0.2) is 65.6 Å². The molecular weight excluding hydrogens is 402 g/mol. The van der Waals surface area contributed by atoms with Gasteiger partial charge < -0.3 is 25.0 Å². The Labute approximate surface area is 187 Å². The third kappa shape index (κ3) is 3.04. The van der Waals surface area contributed by atoms with Crippen molar-refractivity contribution in [1.82, 2.24) is 24.8 Å². The molecule has 0 unspecified atom stereocenters. The highest BCUT2D eigenvalue weighted by molar-refractivity contribution is 5.98. The average Bonchev–Trinajstić information content (AvgIpc) is 3.11. The molecule has 8 heteroatoms. The third-order valence-electron chi connectivity index (χ3n) is 7.25. The van der Waals surface area contributed by atoms with Crippen molar-refractivity contribution < 1.29 is 4.79 Å². The number of carbonyl (C=O) groups excluding carboxylic acids is 1. The summed E-state index contributed by atoms with van der Waals surface area (Å²) in [5.74, 6) is 1.39. The van der Waals surface area contributed by atoms with Crippen LogP contribution in [0.15, 0.2) is 36.5 Å². The highest BCUT2D eigenvalue weighted by Crippen LogP contribution is 2.63. The molecule has 0 radical (unpaired) electrons. The van der Waals surface area contributed by atoms with Crippen LogP contribution in [0.25, 0.3) is 11.0 Å². The van der Waals surface area contributed by atoms with Crippen LogP contribution in [-0.2, 0) is 5.54 Å². The zero-order chi connectivity index (χ0) is 21.9. The standard InChI is InChI=1S/C24H29N7O/c1-29(2)22(32)20-11-17-15-26-23(28-21(17)31(20)24-12-16(13-24)14-24)27-18-3-5-19(6-4-18)30-9-7-25-8-10-30/h3-6,11,15-16,25H,7-10,12-14H2,1-2H3,(H,26,27,28). The number of benzene rings is 1. The lowest BCUT2D eigenvalue weighted by atomic mass is 9.49. The summed E-state index contributed by atoms with van der Waals surface area (Å²) in [5, 5.41) is 7.66. The number of nitrogens with one attached hydrogen (secondary N) is 2. The molecular formula is C24H29N7O. The summed E-state index contributed by atoms with van der Waals surface area (Å²) in [7, 11) is 3.60. The van der Waals surface area contributed by atoms with Crippen LogP contribution in [0.4, 0.5) is 17.3 Å². The van der Waals surface area contributed by atoms with Gasteiger partial charge in [-0.25, -0.2) is 4.98 Å². The van der Waals surface area contributed by atoms with Crippen LogP contribution in [0, 0.1) is 5.92 Å². The predicted molar refractivity (Wildman–Crippen MR) is 126 cm³/mol. The van der Waals surface area contributed by atoms with Crippen molar-refractivity contribution in [3.63, 3.8) is 0 Å². The first-order valence-electron chi connectivity index (χ1n) is 11.5. The molecule has 166 valence electrons. The Balaban J connectivity index is 1.31. The fourth-order valence-electron chi connectivity index (χ4n) is 5.43. The van der Waals surface area contributed by atoms with Gasteiger partial charge in [0.05, 0.1) is 0 Å². The number of nitrogens with zero attached hydrogens (tertiary/aromatic N) is 5. The summed E-state index contributed by atoms with van der Waals surface area (Å²) in [5.41, 5.74) is 3.82. The highest BCUT2D eigenvalue weighted by atomic mass is 16.2. The Morgan fingerprint density at radius 1 is 1.16 bits per heavy atom. The van der Waals surface area contributed by atoms with E-state index in [9.17, 15) is 4.79 Å². The number of fused-ring (bicyclic) bond motifs is 1. The van der Waals surface area contributed by atoms with Crippen LogP contribution in [0.5, 0.6) is 0 Å². The van der Waals surface area contributed by atoms with Crippen LogP contribution in [0.1, 0.15) is 29.8 Å². The van der Waals surface area contributed by atoms with Crippen LogP contribution >= 0.6 is 0 Å². The van der Waals surface area contributed by atoms with Gasteiger partial charge >= 0.3 is 0 Å². The molecule has 2 N–H and O–H groups in total. The first kappa shape index (κ1) is 19.5. The second kappa shape index (κ2) is 7.20. The van der Waals surface area contributed by atoms with Gasteiger partial charge in [-0.15, -0.1) is 0 Å². The number of amides is 1. The van der Waals surface area contributed by atoms with Crippen molar-refractivity contribution in [3.05, 3.63) is 42.2 Å². The smallest absolute Gasteiger partial charge is 0.270 e. The van der Waals surface area contributed by atoms with Gasteiger partial charge in [0, 0.05) is 68.8 Å². The van der Waals surface area contributed by atoms with Crippen LogP contribution in [0.3, 0.4) is 0 Å². The van der Waals surface area contributed by atoms with Gasteiger partial charge in [0.25, 0.3) is 5.91 Å². The topological polar surface area (TPSA) is 78.3 Å². The number of aromatic nitrogens is 3. The van der Waals surface area contributed by atoms with Gasteiger partial charge in [-0.05, 0) is 55.5 Å². The molecule has 32 heavy (non-hydrogen) atoms. The number of anilines is 3. The molecule has 3 heterocycles. The third-order valence-corrected chi connectivity index (χ3v) is 7.25. The summed E-state index contributed by atoms with van der Waals surface area (Å²) in [6, 6.07) is 10.4. The molecule has 1 aromatic carbocycles. The zero-order valence-corrected chi connectivity index (χ0v) is 18.6. The minimum Gasteiger partial charge on any atom is -0.369 e. The number of rotatable bonds is 5. The van der Waals surface area contributed by atoms with E-state index < -0.39 is 0 Å². The normalized spacial score (nSPS) is 24.1. The maximum absolute atomic E-state index is 12.9. The number of piperazine rings is 1. The first-order chi connectivity index (χ1) is 15.5. The lowest BCUT2D eigenvalue weighted by Gasteiger charge is -2.62. The van der Waals surface area contributed by atoms with Gasteiger partial charge in [-0.1, -0.05) is 0 Å². The Bertz CT molecular complexity index is 1160. The monoisotopic (exact) mass is 431 g/mol. The Kier molecular flexibility index (Phi) is 4.40. The maximum Gasteiger partial charge on any atom is 0.270 e. The van der Waals surface area contributed by atoms with E-state index in [1.165, 1.54) is 5.69 Å². The van der Waals surface area contributed by atoms with E-state index in [2.05, 4.69) is 49.4 Å². The molecule has 3 aromatic rings. The van der Waals surface area contributed by atoms with Gasteiger partial charge in [-0.2, -0.15) is 4.98 Å². The van der Waals surface area contributed by atoms with Crippen molar-refractivity contribution >= 4 is 34.3 Å². The quantitative estimate of drug-likeness (QED) is 0.647. The van der Waals surface area contributed by atoms with E-state index in [-0.39, 0.29) is 11.4 Å². The molecule has 1 saturated heterocycles. The van der Waals surface area contributed by atoms with Crippen molar-refractivity contribution in [3.8, 4) is 0 Å². The molecule has 4 fully saturated rings. The molecule has 8 nitrogen and oxygen atoms in total. The molecule has 1 amide bonds. The molecule has 7 rings (SSSR count). The zero-order valence-electron chi connectivity index (χ0n) is 18.6. The molecule has 3 saturated carbocycles. The van der Waals surface area contributed by atoms with Gasteiger partial charge in [0.15, 0.2) is 0 Å². The van der Waals surface area contributed by atoms with E-state index in [0.29, 0.717) is 5.95 Å². The van der Waals surface area contributed by atoms with E-state index in [1.807, 2.05) is 12.3 Å². The van der Waals surface area contributed by atoms with Crippen molar-refractivity contribution in [2.75, 3.05) is 50.5 Å². The van der Waals surface area contributed by atoms with E-state index >= 15 is 0 Å². The molecule has 0 atom stereocenters. The summed E-state index contributed by atoms with van der Waals surface area (Å²) >= 11 is 0. The second-order valence-electron chi connectivity index (χ2n) is 9.65. The van der Waals surface area contributed by atoms with Crippen LogP contribution < -0.4 is 15.5 Å². The number of carbonyl (C=O) groups is 1. The predicted octanol–water partition coefficient (Wildman–Crippen LogP) is 2.80. The highest BCUT2D eigenvalue weighted by Gasteiger charge is 2.59. The molecule has 2 aromatic heterocycles. The Hall–Kier alpha value is -3.13. The minimum atomic E-state index is 0.0192. The van der Waals surface area contributed by atoms with Crippen molar-refractivity contribution in [1.29, 1.82) is 0 Å². The maximum atomic E-state index is 12.9. The van der Waals surface area contributed by atoms with Crippen LogP contribution in [0.2, 0.25) is 0 Å². The molecule has 3 aliphatic carbocycles. The Morgan fingerprint density at radius 3 is 2.50 bits per heavy atom. The molecule has 1 aliphatic heterocycles.